The third kappa shape index (κ3) is 7.29. The van der Waals surface area contributed by atoms with Gasteiger partial charge < -0.3 is 19.1 Å². The maximum Gasteiger partial charge on any atom is 0.410 e. The molecule has 0 N–H and O–H groups in total. The summed E-state index contributed by atoms with van der Waals surface area (Å²) >= 11 is 1.72. The Balaban J connectivity index is 1.53. The molecule has 1 aromatic heterocycles. The molecule has 1 aliphatic carbocycles. The number of nitrogens with zero attached hydrogens (tertiary/aromatic N) is 2. The summed E-state index contributed by atoms with van der Waals surface area (Å²) in [5, 5.41) is 3.32. The third-order valence-electron chi connectivity index (χ3n) is 6.03. The number of carbonyl (C=O) groups excluding carboxylic acids is 2. The molecule has 2 atom stereocenters. The second kappa shape index (κ2) is 10.5. The summed E-state index contributed by atoms with van der Waals surface area (Å²) in [6.07, 6.45) is 2.01. The van der Waals surface area contributed by atoms with Crippen molar-refractivity contribution < 1.29 is 23.8 Å². The van der Waals surface area contributed by atoms with Crippen molar-refractivity contribution in [2.45, 2.75) is 84.0 Å². The van der Waals surface area contributed by atoms with Gasteiger partial charge in [-0.2, -0.15) is 0 Å². The van der Waals surface area contributed by atoms with E-state index in [1.807, 2.05) is 53.7 Å². The number of benzene rings is 1. The first-order chi connectivity index (χ1) is 16.9. The Morgan fingerprint density at radius 3 is 2.53 bits per heavy atom. The monoisotopic (exact) mass is 514 g/mol. The van der Waals surface area contributed by atoms with E-state index < -0.39 is 29.3 Å². The van der Waals surface area contributed by atoms with Crippen molar-refractivity contribution in [1.29, 1.82) is 0 Å². The number of rotatable bonds is 6. The number of morpholine rings is 1. The van der Waals surface area contributed by atoms with Crippen molar-refractivity contribution in [2.75, 3.05) is 19.7 Å². The van der Waals surface area contributed by atoms with Gasteiger partial charge in [0.1, 0.15) is 11.2 Å². The quantitative estimate of drug-likeness (QED) is 0.452. The molecule has 2 aromatic rings. The number of hydrogen-bond donors (Lipinski definition) is 0. The normalized spacial score (nSPS) is 19.6. The minimum Gasteiger partial charge on any atom is -0.460 e. The predicted molar refractivity (Wildman–Crippen MR) is 140 cm³/mol. The molecule has 2 unspecified atom stereocenters. The summed E-state index contributed by atoms with van der Waals surface area (Å²) in [7, 11) is 0. The molecule has 1 amide bonds. The SMILES string of the molecule is CC(C)(C)OC(=O)C(Cc1cccc(-c2csc(C3CC3)n2)c1)C1CN(C(=O)OC(C)(C)C)CCO1. The highest BCUT2D eigenvalue weighted by atomic mass is 32.1. The second-order valence-corrected chi connectivity index (χ2v) is 12.6. The van der Waals surface area contributed by atoms with Crippen molar-refractivity contribution in [3.8, 4) is 11.3 Å². The van der Waals surface area contributed by atoms with Crippen LogP contribution in [0.1, 0.15) is 70.9 Å². The molecule has 0 bridgehead atoms. The number of esters is 1. The topological polar surface area (TPSA) is 78.0 Å². The second-order valence-electron chi connectivity index (χ2n) is 11.7. The van der Waals surface area contributed by atoms with Crippen molar-refractivity contribution >= 4 is 23.4 Å². The molecule has 1 saturated carbocycles. The van der Waals surface area contributed by atoms with Crippen LogP contribution in [0, 0.1) is 5.92 Å². The fourth-order valence-electron chi connectivity index (χ4n) is 4.20. The van der Waals surface area contributed by atoms with Gasteiger partial charge in [0.25, 0.3) is 0 Å². The average Bonchev–Trinajstić information content (AvgIpc) is 3.52. The zero-order valence-electron chi connectivity index (χ0n) is 22.2. The van der Waals surface area contributed by atoms with Gasteiger partial charge in [0.05, 0.1) is 35.9 Å². The largest absolute Gasteiger partial charge is 0.460 e. The maximum absolute atomic E-state index is 13.4. The number of aromatic nitrogens is 1. The summed E-state index contributed by atoms with van der Waals surface area (Å²) in [5.74, 6) is -0.268. The van der Waals surface area contributed by atoms with E-state index in [0.717, 1.165) is 16.8 Å². The smallest absolute Gasteiger partial charge is 0.410 e. The zero-order valence-corrected chi connectivity index (χ0v) is 23.0. The Hall–Kier alpha value is -2.45. The fourth-order valence-corrected chi connectivity index (χ4v) is 5.21. The van der Waals surface area contributed by atoms with Crippen LogP contribution in [0.5, 0.6) is 0 Å². The molecule has 1 saturated heterocycles. The van der Waals surface area contributed by atoms with E-state index in [2.05, 4.69) is 17.5 Å². The first-order valence-electron chi connectivity index (χ1n) is 12.7. The fraction of sp³-hybridized carbons (Fsp3) is 0.607. The van der Waals surface area contributed by atoms with Crippen molar-refractivity contribution in [2.24, 2.45) is 5.92 Å². The predicted octanol–water partition coefficient (Wildman–Crippen LogP) is 5.82. The Morgan fingerprint density at radius 2 is 1.86 bits per heavy atom. The molecule has 1 aromatic carbocycles. The molecule has 196 valence electrons. The van der Waals surface area contributed by atoms with Gasteiger partial charge >= 0.3 is 12.1 Å². The Kier molecular flexibility index (Phi) is 7.76. The number of ether oxygens (including phenoxy) is 3. The summed E-state index contributed by atoms with van der Waals surface area (Å²) in [4.78, 5) is 32.5. The van der Waals surface area contributed by atoms with Gasteiger partial charge in [0, 0.05) is 23.4 Å². The van der Waals surface area contributed by atoms with Crippen LogP contribution in [0.25, 0.3) is 11.3 Å². The van der Waals surface area contributed by atoms with Crippen LogP contribution in [-0.4, -0.2) is 58.9 Å². The lowest BCUT2D eigenvalue weighted by atomic mass is 9.91. The van der Waals surface area contributed by atoms with Gasteiger partial charge in [-0.25, -0.2) is 9.78 Å². The molecular weight excluding hydrogens is 476 g/mol. The molecule has 36 heavy (non-hydrogen) atoms. The van der Waals surface area contributed by atoms with E-state index >= 15 is 0 Å². The van der Waals surface area contributed by atoms with Gasteiger partial charge in [0.2, 0.25) is 0 Å². The molecule has 0 radical (unpaired) electrons. The third-order valence-corrected chi connectivity index (χ3v) is 7.04. The minimum atomic E-state index is -0.628. The lowest BCUT2D eigenvalue weighted by molar-refractivity contribution is -0.168. The van der Waals surface area contributed by atoms with E-state index in [1.54, 1.807) is 16.2 Å². The van der Waals surface area contributed by atoms with E-state index in [4.69, 9.17) is 19.2 Å². The van der Waals surface area contributed by atoms with Gasteiger partial charge in [0.15, 0.2) is 0 Å². The van der Waals surface area contributed by atoms with Crippen molar-refractivity contribution in [3.05, 3.63) is 40.2 Å². The van der Waals surface area contributed by atoms with Crippen LogP contribution < -0.4 is 0 Å². The molecule has 7 nitrogen and oxygen atoms in total. The molecule has 8 heteroatoms. The van der Waals surface area contributed by atoms with Gasteiger partial charge in [-0.15, -0.1) is 11.3 Å². The highest BCUT2D eigenvalue weighted by Gasteiger charge is 2.38. The molecule has 4 rings (SSSR count). The van der Waals surface area contributed by atoms with Crippen LogP contribution >= 0.6 is 11.3 Å². The minimum absolute atomic E-state index is 0.273. The first kappa shape index (κ1) is 26.6. The van der Waals surface area contributed by atoms with Crippen LogP contribution in [0.3, 0.4) is 0 Å². The number of amides is 1. The molecule has 1 aliphatic heterocycles. The van der Waals surface area contributed by atoms with E-state index in [0.29, 0.717) is 25.5 Å². The molecule has 0 spiro atoms. The summed E-state index contributed by atoms with van der Waals surface area (Å²) in [6.45, 7) is 12.1. The van der Waals surface area contributed by atoms with Crippen molar-refractivity contribution in [1.82, 2.24) is 9.88 Å². The highest BCUT2D eigenvalue weighted by Crippen LogP contribution is 2.42. The van der Waals surface area contributed by atoms with Crippen LogP contribution in [0.4, 0.5) is 4.79 Å². The van der Waals surface area contributed by atoms with Crippen LogP contribution in [0.2, 0.25) is 0 Å². The number of hydrogen-bond acceptors (Lipinski definition) is 7. The summed E-state index contributed by atoms with van der Waals surface area (Å²) in [5.41, 5.74) is 1.80. The van der Waals surface area contributed by atoms with Gasteiger partial charge in [-0.1, -0.05) is 18.2 Å². The number of carbonyl (C=O) groups is 2. The average molecular weight is 515 g/mol. The Labute approximate surface area is 218 Å². The van der Waals surface area contributed by atoms with Crippen molar-refractivity contribution in [3.63, 3.8) is 0 Å². The van der Waals surface area contributed by atoms with Gasteiger partial charge in [-0.05, 0) is 72.4 Å². The molecule has 2 aliphatic rings. The lowest BCUT2D eigenvalue weighted by Crippen LogP contribution is -2.52. The van der Waals surface area contributed by atoms with Crippen LogP contribution in [-0.2, 0) is 25.4 Å². The van der Waals surface area contributed by atoms with Crippen LogP contribution in [0.15, 0.2) is 29.6 Å². The molecule has 2 fully saturated rings. The van der Waals surface area contributed by atoms with E-state index in [1.165, 1.54) is 17.8 Å². The highest BCUT2D eigenvalue weighted by molar-refractivity contribution is 7.10. The molecule has 2 heterocycles. The number of thiazole rings is 1. The van der Waals surface area contributed by atoms with Gasteiger partial charge in [-0.3, -0.25) is 4.79 Å². The van der Waals surface area contributed by atoms with E-state index in [9.17, 15) is 9.59 Å². The summed E-state index contributed by atoms with van der Waals surface area (Å²) < 4.78 is 17.4. The first-order valence-corrected chi connectivity index (χ1v) is 13.6. The summed E-state index contributed by atoms with van der Waals surface area (Å²) in [6, 6.07) is 8.17. The maximum atomic E-state index is 13.4. The Bertz CT molecular complexity index is 1080. The standard InChI is InChI=1S/C28H38N2O5S/c1-27(2,3)34-25(31)21(23-16-30(12-13-33-23)26(32)35-28(4,5)6)15-18-8-7-9-20(14-18)22-17-36-24(29-22)19-10-11-19/h7-9,14,17,19,21,23H,10-13,15-16H2,1-6H3. The Morgan fingerprint density at radius 1 is 1.14 bits per heavy atom. The molecular formula is C28H38N2O5S. The van der Waals surface area contributed by atoms with E-state index in [-0.39, 0.29) is 12.5 Å². The lowest BCUT2D eigenvalue weighted by Gasteiger charge is -2.37. The zero-order chi connectivity index (χ0) is 26.1.